The first kappa shape index (κ1) is 19.0. The van der Waals surface area contributed by atoms with Gasteiger partial charge in [-0.2, -0.15) is 13.2 Å². The molecule has 0 amide bonds. The number of hydrogen-bond acceptors (Lipinski definition) is 3. The summed E-state index contributed by atoms with van der Waals surface area (Å²) in [4.78, 5) is 4.10. The van der Waals surface area contributed by atoms with Crippen molar-refractivity contribution in [2.24, 2.45) is 4.99 Å². The fourth-order valence-corrected chi connectivity index (χ4v) is 4.97. The highest BCUT2D eigenvalue weighted by atomic mass is 32.2. The number of nitrogens with one attached hydrogen (secondary N) is 2. The first-order chi connectivity index (χ1) is 12.1. The second kappa shape index (κ2) is 6.75. The minimum atomic E-state index is -4.36. The lowest BCUT2D eigenvalue weighted by Gasteiger charge is -2.21. The van der Waals surface area contributed by atoms with Gasteiger partial charge in [-0.3, -0.25) is 4.99 Å². The second-order valence-corrected chi connectivity index (χ2v) is 9.26. The predicted octanol–water partition coefficient (Wildman–Crippen LogP) is 2.09. The van der Waals surface area contributed by atoms with Crippen LogP contribution in [-0.2, 0) is 21.4 Å². The van der Waals surface area contributed by atoms with Gasteiger partial charge in [-0.1, -0.05) is 18.2 Å². The third kappa shape index (κ3) is 4.31. The van der Waals surface area contributed by atoms with E-state index in [-0.39, 0.29) is 23.0 Å². The largest absolute Gasteiger partial charge is 0.416 e. The third-order valence-electron chi connectivity index (χ3n) is 5.05. The summed E-state index contributed by atoms with van der Waals surface area (Å²) >= 11 is 0. The zero-order chi connectivity index (χ0) is 19.0. The van der Waals surface area contributed by atoms with Crippen LogP contribution in [0.5, 0.6) is 0 Å². The second-order valence-electron chi connectivity index (χ2n) is 7.03. The SMILES string of the molecule is CN=C(NCC1(c2cccc(C(F)(F)F)c2)CC1)NC1CCS(=O)(=O)C1. The van der Waals surface area contributed by atoms with Gasteiger partial charge < -0.3 is 10.6 Å². The summed E-state index contributed by atoms with van der Waals surface area (Å²) in [6.45, 7) is 0.452. The Morgan fingerprint density at radius 2 is 2.08 bits per heavy atom. The van der Waals surface area contributed by atoms with Crippen LogP contribution in [0, 0.1) is 0 Å². The topological polar surface area (TPSA) is 70.6 Å². The van der Waals surface area contributed by atoms with Gasteiger partial charge in [0.2, 0.25) is 0 Å². The molecular formula is C17H22F3N3O2S. The number of hydrogen-bond donors (Lipinski definition) is 2. The highest BCUT2D eigenvalue weighted by molar-refractivity contribution is 7.91. The molecule has 0 aromatic heterocycles. The first-order valence-electron chi connectivity index (χ1n) is 8.49. The van der Waals surface area contributed by atoms with E-state index in [1.54, 1.807) is 13.1 Å². The lowest BCUT2D eigenvalue weighted by molar-refractivity contribution is -0.137. The van der Waals surface area contributed by atoms with Crippen LogP contribution in [-0.4, -0.2) is 45.5 Å². The molecule has 5 nitrogen and oxygen atoms in total. The van der Waals surface area contributed by atoms with Crippen LogP contribution < -0.4 is 10.6 Å². The Bertz CT molecular complexity index is 802. The Kier molecular flexibility index (Phi) is 4.94. The highest BCUT2D eigenvalue weighted by Gasteiger charge is 2.45. The Labute approximate surface area is 151 Å². The van der Waals surface area contributed by atoms with E-state index in [1.165, 1.54) is 12.1 Å². The van der Waals surface area contributed by atoms with Crippen molar-refractivity contribution in [1.82, 2.24) is 10.6 Å². The van der Waals surface area contributed by atoms with Gasteiger partial charge in [0.25, 0.3) is 0 Å². The number of rotatable bonds is 4. The summed E-state index contributed by atoms with van der Waals surface area (Å²) in [5.41, 5.74) is -0.306. The summed E-state index contributed by atoms with van der Waals surface area (Å²) in [6.07, 6.45) is -2.22. The summed E-state index contributed by atoms with van der Waals surface area (Å²) in [6, 6.07) is 5.27. The molecule has 1 aliphatic carbocycles. The van der Waals surface area contributed by atoms with Crippen LogP contribution in [0.25, 0.3) is 0 Å². The standard InChI is InChI=1S/C17H22F3N3O2S/c1-21-15(23-14-5-8-26(24,25)10-14)22-11-16(6-7-16)12-3-2-4-13(9-12)17(18,19)20/h2-4,9,14H,5-8,10-11H2,1H3,(H2,21,22,23). The van der Waals surface area contributed by atoms with Crippen LogP contribution >= 0.6 is 0 Å². The molecular weight excluding hydrogens is 367 g/mol. The van der Waals surface area contributed by atoms with Crippen molar-refractivity contribution in [2.45, 2.75) is 36.9 Å². The molecule has 1 saturated heterocycles. The Hall–Kier alpha value is -1.77. The number of alkyl halides is 3. The normalized spacial score (nSPS) is 24.3. The molecule has 9 heteroatoms. The van der Waals surface area contributed by atoms with Gasteiger partial charge in [0.05, 0.1) is 17.1 Å². The molecule has 2 fully saturated rings. The van der Waals surface area contributed by atoms with Gasteiger partial charge in [-0.25, -0.2) is 8.42 Å². The minimum Gasteiger partial charge on any atom is -0.356 e. The van der Waals surface area contributed by atoms with Gasteiger partial charge in [-0.15, -0.1) is 0 Å². The molecule has 0 bridgehead atoms. The lowest BCUT2D eigenvalue weighted by Crippen LogP contribution is -2.46. The molecule has 3 rings (SSSR count). The molecule has 144 valence electrons. The van der Waals surface area contributed by atoms with Crippen molar-refractivity contribution >= 4 is 15.8 Å². The summed E-state index contributed by atoms with van der Waals surface area (Å²) in [5, 5.41) is 6.23. The number of benzene rings is 1. The zero-order valence-corrected chi connectivity index (χ0v) is 15.3. The van der Waals surface area contributed by atoms with E-state index in [1.807, 2.05) is 0 Å². The summed E-state index contributed by atoms with van der Waals surface area (Å²) < 4.78 is 61.9. The molecule has 1 saturated carbocycles. The minimum absolute atomic E-state index is 0.0759. The maximum Gasteiger partial charge on any atom is 0.416 e. The van der Waals surface area contributed by atoms with Gasteiger partial charge >= 0.3 is 6.18 Å². The smallest absolute Gasteiger partial charge is 0.356 e. The number of aliphatic imine (C=N–C) groups is 1. The van der Waals surface area contributed by atoms with Crippen LogP contribution in [0.2, 0.25) is 0 Å². The van der Waals surface area contributed by atoms with Gasteiger partial charge in [0.15, 0.2) is 15.8 Å². The molecule has 1 aromatic rings. The molecule has 1 heterocycles. The molecule has 1 atom stereocenters. The Morgan fingerprint density at radius 1 is 1.35 bits per heavy atom. The fraction of sp³-hybridized carbons (Fsp3) is 0.588. The Morgan fingerprint density at radius 3 is 2.62 bits per heavy atom. The van der Waals surface area contributed by atoms with E-state index >= 15 is 0 Å². The fourth-order valence-electron chi connectivity index (χ4n) is 3.29. The molecule has 1 aliphatic heterocycles. The molecule has 26 heavy (non-hydrogen) atoms. The van der Waals surface area contributed by atoms with Crippen molar-refractivity contribution < 1.29 is 21.6 Å². The third-order valence-corrected chi connectivity index (χ3v) is 6.81. The van der Waals surface area contributed by atoms with Gasteiger partial charge in [0, 0.05) is 25.0 Å². The van der Waals surface area contributed by atoms with E-state index < -0.39 is 21.6 Å². The van der Waals surface area contributed by atoms with Gasteiger partial charge in [0.1, 0.15) is 0 Å². The number of guanidine groups is 1. The quantitative estimate of drug-likeness (QED) is 0.611. The number of nitrogens with zero attached hydrogens (tertiary/aromatic N) is 1. The van der Waals surface area contributed by atoms with Crippen LogP contribution in [0.4, 0.5) is 13.2 Å². The van der Waals surface area contributed by atoms with Crippen LogP contribution in [0.1, 0.15) is 30.4 Å². The van der Waals surface area contributed by atoms with Gasteiger partial charge in [-0.05, 0) is 30.9 Å². The van der Waals surface area contributed by atoms with E-state index in [4.69, 9.17) is 0 Å². The maximum atomic E-state index is 12.9. The van der Waals surface area contributed by atoms with E-state index in [9.17, 15) is 21.6 Å². The first-order valence-corrected chi connectivity index (χ1v) is 10.3. The average Bonchev–Trinajstić information content (AvgIpc) is 3.29. The van der Waals surface area contributed by atoms with Crippen LogP contribution in [0.3, 0.4) is 0 Å². The molecule has 2 aliphatic rings. The van der Waals surface area contributed by atoms with Crippen molar-refractivity contribution in [3.05, 3.63) is 35.4 Å². The highest BCUT2D eigenvalue weighted by Crippen LogP contribution is 2.48. The molecule has 0 spiro atoms. The molecule has 2 N–H and O–H groups in total. The van der Waals surface area contributed by atoms with Crippen molar-refractivity contribution in [2.75, 3.05) is 25.1 Å². The monoisotopic (exact) mass is 389 g/mol. The van der Waals surface area contributed by atoms with Crippen LogP contribution in [0.15, 0.2) is 29.3 Å². The Balaban J connectivity index is 1.63. The lowest BCUT2D eigenvalue weighted by atomic mass is 9.94. The number of halogens is 3. The molecule has 1 unspecified atom stereocenters. The zero-order valence-electron chi connectivity index (χ0n) is 14.4. The maximum absolute atomic E-state index is 12.9. The summed E-state index contributed by atoms with van der Waals surface area (Å²) in [5.74, 6) is 0.716. The predicted molar refractivity (Wildman–Crippen MR) is 93.9 cm³/mol. The van der Waals surface area contributed by atoms with E-state index in [0.717, 1.165) is 18.9 Å². The molecule has 1 aromatic carbocycles. The van der Waals surface area contributed by atoms with Crippen molar-refractivity contribution in [3.8, 4) is 0 Å². The molecule has 0 radical (unpaired) electrons. The van der Waals surface area contributed by atoms with Crippen molar-refractivity contribution in [1.29, 1.82) is 0 Å². The van der Waals surface area contributed by atoms with E-state index in [2.05, 4.69) is 15.6 Å². The number of sulfone groups is 1. The van der Waals surface area contributed by atoms with E-state index in [0.29, 0.717) is 24.5 Å². The van der Waals surface area contributed by atoms with Crippen molar-refractivity contribution in [3.63, 3.8) is 0 Å². The average molecular weight is 389 g/mol. The summed E-state index contributed by atoms with van der Waals surface area (Å²) in [7, 11) is -1.41.